The van der Waals surface area contributed by atoms with Crippen molar-refractivity contribution >= 4 is 11.9 Å². The molecule has 2 N–H and O–H groups in total. The highest BCUT2D eigenvalue weighted by atomic mass is 16.5. The van der Waals surface area contributed by atoms with Gasteiger partial charge in [0.15, 0.2) is 0 Å². The summed E-state index contributed by atoms with van der Waals surface area (Å²) < 4.78 is 6.96. The number of aromatic nitrogens is 2. The summed E-state index contributed by atoms with van der Waals surface area (Å²) >= 11 is 0. The van der Waals surface area contributed by atoms with Crippen molar-refractivity contribution in [1.82, 2.24) is 20.4 Å². The fourth-order valence-corrected chi connectivity index (χ4v) is 2.83. The quantitative estimate of drug-likeness (QED) is 0.645. The lowest BCUT2D eigenvalue weighted by Gasteiger charge is -2.23. The molecule has 0 radical (unpaired) electrons. The Kier molecular flexibility index (Phi) is 7.34. The second-order valence-electron chi connectivity index (χ2n) is 7.27. The number of ether oxygens (including phenoxy) is 1. The lowest BCUT2D eigenvalue weighted by atomic mass is 10.1. The van der Waals surface area contributed by atoms with E-state index in [-0.39, 0.29) is 18.4 Å². The molecule has 2 aromatic rings. The van der Waals surface area contributed by atoms with Crippen molar-refractivity contribution in [2.75, 3.05) is 13.2 Å². The molecule has 0 aliphatic rings. The van der Waals surface area contributed by atoms with Crippen LogP contribution in [0.1, 0.15) is 43.3 Å². The zero-order valence-electron chi connectivity index (χ0n) is 17.3. The molecule has 7 heteroatoms. The molecule has 1 aromatic carbocycles. The van der Waals surface area contributed by atoms with Gasteiger partial charge in [0.05, 0.1) is 25.4 Å². The molecule has 0 bridgehead atoms. The number of hydrogen-bond acceptors (Lipinski definition) is 5. The van der Waals surface area contributed by atoms with Crippen LogP contribution in [0.3, 0.4) is 0 Å². The highest BCUT2D eigenvalue weighted by Crippen LogP contribution is 2.14. The van der Waals surface area contributed by atoms with Crippen molar-refractivity contribution < 1.29 is 14.3 Å². The van der Waals surface area contributed by atoms with Crippen LogP contribution in [0.15, 0.2) is 30.3 Å². The average molecular weight is 386 g/mol. The standard InChI is InChI=1S/C21H30N4O3/c1-6-28-20(27)21(4,5)23-13-19(26)22-12-18-15(2)24-25(16(18)3)14-17-10-8-7-9-11-17/h7-11,23H,6,12-14H2,1-5H3,(H,22,26). The number of carbonyl (C=O) groups excluding carboxylic acids is 2. The van der Waals surface area contributed by atoms with Crippen LogP contribution in [0.5, 0.6) is 0 Å². The Labute approximate surface area is 166 Å². The van der Waals surface area contributed by atoms with E-state index in [1.807, 2.05) is 36.7 Å². The van der Waals surface area contributed by atoms with Gasteiger partial charge < -0.3 is 10.1 Å². The van der Waals surface area contributed by atoms with Crippen LogP contribution in [-0.2, 0) is 27.4 Å². The molecule has 0 fully saturated rings. The summed E-state index contributed by atoms with van der Waals surface area (Å²) in [6.07, 6.45) is 0. The number of rotatable bonds is 9. The summed E-state index contributed by atoms with van der Waals surface area (Å²) in [6.45, 7) is 10.5. The molecule has 0 aliphatic carbocycles. The number of esters is 1. The minimum atomic E-state index is -0.917. The first-order chi connectivity index (χ1) is 13.2. The normalized spacial score (nSPS) is 11.3. The smallest absolute Gasteiger partial charge is 0.325 e. The highest BCUT2D eigenvalue weighted by Gasteiger charge is 2.29. The van der Waals surface area contributed by atoms with Gasteiger partial charge >= 0.3 is 5.97 Å². The van der Waals surface area contributed by atoms with Gasteiger partial charge in [-0.3, -0.25) is 19.6 Å². The van der Waals surface area contributed by atoms with Gasteiger partial charge in [0.1, 0.15) is 5.54 Å². The Morgan fingerprint density at radius 1 is 1.18 bits per heavy atom. The van der Waals surface area contributed by atoms with Crippen LogP contribution in [0.25, 0.3) is 0 Å². The lowest BCUT2D eigenvalue weighted by Crippen LogP contribution is -2.51. The Morgan fingerprint density at radius 2 is 1.86 bits per heavy atom. The number of nitrogens with one attached hydrogen (secondary N) is 2. The maximum absolute atomic E-state index is 12.2. The van der Waals surface area contributed by atoms with Crippen molar-refractivity contribution in [2.24, 2.45) is 0 Å². The van der Waals surface area contributed by atoms with Gasteiger partial charge in [0.25, 0.3) is 0 Å². The summed E-state index contributed by atoms with van der Waals surface area (Å²) in [7, 11) is 0. The molecule has 0 aliphatic heterocycles. The molecule has 0 unspecified atom stereocenters. The SMILES string of the molecule is CCOC(=O)C(C)(C)NCC(=O)NCc1c(C)nn(Cc2ccccc2)c1C. The molecule has 28 heavy (non-hydrogen) atoms. The van der Waals surface area contributed by atoms with Crippen LogP contribution in [-0.4, -0.2) is 40.3 Å². The van der Waals surface area contributed by atoms with Crippen molar-refractivity contribution in [3.63, 3.8) is 0 Å². The molecule has 152 valence electrons. The molecular weight excluding hydrogens is 356 g/mol. The molecule has 0 saturated heterocycles. The summed E-state index contributed by atoms with van der Waals surface area (Å²) in [4.78, 5) is 24.1. The van der Waals surface area contributed by atoms with Gasteiger partial charge in [-0.15, -0.1) is 0 Å². The first-order valence-electron chi connectivity index (χ1n) is 9.50. The van der Waals surface area contributed by atoms with Crippen molar-refractivity contribution in [1.29, 1.82) is 0 Å². The molecular formula is C21H30N4O3. The fraction of sp³-hybridized carbons (Fsp3) is 0.476. The summed E-state index contributed by atoms with van der Waals surface area (Å²) in [5.74, 6) is -0.566. The third-order valence-corrected chi connectivity index (χ3v) is 4.65. The van der Waals surface area contributed by atoms with Crippen molar-refractivity contribution in [3.05, 3.63) is 52.8 Å². The largest absolute Gasteiger partial charge is 0.465 e. The second kappa shape index (κ2) is 9.50. The van der Waals surface area contributed by atoms with E-state index >= 15 is 0 Å². The maximum atomic E-state index is 12.2. The molecule has 0 atom stereocenters. The second-order valence-corrected chi connectivity index (χ2v) is 7.27. The van der Waals surface area contributed by atoms with Gasteiger partial charge in [-0.25, -0.2) is 0 Å². The van der Waals surface area contributed by atoms with Gasteiger partial charge in [0, 0.05) is 17.8 Å². The number of hydrogen-bond donors (Lipinski definition) is 2. The number of aryl methyl sites for hydroxylation is 1. The van der Waals surface area contributed by atoms with E-state index < -0.39 is 5.54 Å². The van der Waals surface area contributed by atoms with Gasteiger partial charge in [0.2, 0.25) is 5.91 Å². The zero-order chi connectivity index (χ0) is 20.7. The summed E-state index contributed by atoms with van der Waals surface area (Å²) in [6, 6.07) is 10.1. The predicted octanol–water partition coefficient (Wildman–Crippen LogP) is 2.10. The van der Waals surface area contributed by atoms with E-state index in [1.54, 1.807) is 20.8 Å². The Balaban J connectivity index is 1.92. The molecule has 1 aromatic heterocycles. The van der Waals surface area contributed by atoms with Gasteiger partial charge in [-0.1, -0.05) is 30.3 Å². The number of carbonyl (C=O) groups is 2. The minimum absolute atomic E-state index is 0.0298. The minimum Gasteiger partial charge on any atom is -0.465 e. The van der Waals surface area contributed by atoms with E-state index in [9.17, 15) is 9.59 Å². The first kappa shape index (κ1) is 21.6. The average Bonchev–Trinajstić information content (AvgIpc) is 2.92. The van der Waals surface area contributed by atoms with Crippen LogP contribution < -0.4 is 10.6 Å². The topological polar surface area (TPSA) is 85.2 Å². The van der Waals surface area contributed by atoms with E-state index in [1.165, 1.54) is 5.56 Å². The van der Waals surface area contributed by atoms with Gasteiger partial charge in [-0.05, 0) is 40.2 Å². The third-order valence-electron chi connectivity index (χ3n) is 4.65. The first-order valence-corrected chi connectivity index (χ1v) is 9.50. The van der Waals surface area contributed by atoms with Crippen LogP contribution in [0.4, 0.5) is 0 Å². The van der Waals surface area contributed by atoms with Crippen LogP contribution >= 0.6 is 0 Å². The molecule has 0 spiro atoms. The molecule has 7 nitrogen and oxygen atoms in total. The summed E-state index contributed by atoms with van der Waals surface area (Å²) in [5, 5.41) is 10.4. The van der Waals surface area contributed by atoms with Gasteiger partial charge in [-0.2, -0.15) is 5.10 Å². The van der Waals surface area contributed by atoms with E-state index in [4.69, 9.17) is 4.74 Å². The predicted molar refractivity (Wildman–Crippen MR) is 108 cm³/mol. The van der Waals surface area contributed by atoms with E-state index in [2.05, 4.69) is 27.9 Å². The number of benzene rings is 1. The molecule has 2 rings (SSSR count). The molecule has 1 heterocycles. The van der Waals surface area contributed by atoms with Crippen LogP contribution in [0, 0.1) is 13.8 Å². The van der Waals surface area contributed by atoms with E-state index in [0.29, 0.717) is 19.7 Å². The van der Waals surface area contributed by atoms with E-state index in [0.717, 1.165) is 17.0 Å². The monoisotopic (exact) mass is 386 g/mol. The molecule has 1 amide bonds. The fourth-order valence-electron chi connectivity index (χ4n) is 2.83. The Bertz CT molecular complexity index is 813. The van der Waals surface area contributed by atoms with Crippen molar-refractivity contribution in [2.45, 2.75) is 53.2 Å². The number of amides is 1. The summed E-state index contributed by atoms with van der Waals surface area (Å²) in [5.41, 5.74) is 3.19. The number of nitrogens with zero attached hydrogens (tertiary/aromatic N) is 2. The maximum Gasteiger partial charge on any atom is 0.325 e. The van der Waals surface area contributed by atoms with Crippen LogP contribution in [0.2, 0.25) is 0 Å². The highest BCUT2D eigenvalue weighted by molar-refractivity contribution is 5.82. The third kappa shape index (κ3) is 5.66. The Hall–Kier alpha value is -2.67. The lowest BCUT2D eigenvalue weighted by molar-refractivity contribution is -0.149. The molecule has 0 saturated carbocycles. The Morgan fingerprint density at radius 3 is 2.50 bits per heavy atom. The zero-order valence-corrected chi connectivity index (χ0v) is 17.3. The van der Waals surface area contributed by atoms with Crippen molar-refractivity contribution in [3.8, 4) is 0 Å².